The summed E-state index contributed by atoms with van der Waals surface area (Å²) in [6.45, 7) is -0.919. The molecule has 1 aromatic heterocycles. The standard InChI is InChI=1S/C28H24O17/c29-7-17-21(38)23(40)26(44-27(41)9-3-14(34)20(37)15(35)4-9)28(43-17)45-25-22(39)18-11(31)5-10(30)6-16(18)42-24(25)8-1-12(32)19(36)13(33)2-8/h1-6,17,21,23,26,28-38,40H,7H2/t17-,21-,23+,26-,28+/m1/s1. The van der Waals surface area contributed by atoms with Crippen molar-refractivity contribution in [1.29, 1.82) is 0 Å². The third-order valence-corrected chi connectivity index (χ3v) is 6.86. The molecule has 0 saturated carbocycles. The highest BCUT2D eigenvalue weighted by Gasteiger charge is 2.49. The van der Waals surface area contributed by atoms with Crippen LogP contribution in [-0.2, 0) is 9.47 Å². The number of hydrogen-bond acceptors (Lipinski definition) is 17. The minimum Gasteiger partial charge on any atom is -0.508 e. The van der Waals surface area contributed by atoms with E-state index < -0.39 is 123 Å². The molecule has 0 radical (unpaired) electrons. The molecule has 1 aliphatic heterocycles. The maximum absolute atomic E-state index is 13.7. The first kappa shape index (κ1) is 30.8. The van der Waals surface area contributed by atoms with Gasteiger partial charge in [0.1, 0.15) is 40.8 Å². The molecule has 45 heavy (non-hydrogen) atoms. The highest BCUT2D eigenvalue weighted by molar-refractivity contribution is 5.91. The number of phenolic OH excluding ortho intramolecular Hbond substituents is 8. The summed E-state index contributed by atoms with van der Waals surface area (Å²) >= 11 is 0. The largest absolute Gasteiger partial charge is 0.508 e. The molecule has 5 atom stereocenters. The number of aliphatic hydroxyl groups is 3. The van der Waals surface area contributed by atoms with E-state index in [2.05, 4.69) is 0 Å². The highest BCUT2D eigenvalue weighted by atomic mass is 16.7. The number of esters is 1. The van der Waals surface area contributed by atoms with Crippen molar-refractivity contribution in [2.24, 2.45) is 0 Å². The maximum atomic E-state index is 13.7. The molecule has 17 nitrogen and oxygen atoms in total. The van der Waals surface area contributed by atoms with E-state index >= 15 is 0 Å². The van der Waals surface area contributed by atoms with Crippen molar-refractivity contribution in [3.8, 4) is 63.1 Å². The number of aromatic hydroxyl groups is 8. The minimum atomic E-state index is -2.08. The Bertz CT molecular complexity index is 1820. The van der Waals surface area contributed by atoms with Crippen LogP contribution in [0.25, 0.3) is 22.3 Å². The van der Waals surface area contributed by atoms with E-state index in [4.69, 9.17) is 18.6 Å². The van der Waals surface area contributed by atoms with E-state index in [1.165, 1.54) is 0 Å². The first-order chi connectivity index (χ1) is 21.2. The Kier molecular flexibility index (Phi) is 7.86. The lowest BCUT2D eigenvalue weighted by atomic mass is 9.99. The van der Waals surface area contributed by atoms with Gasteiger partial charge in [-0.05, 0) is 24.3 Å². The van der Waals surface area contributed by atoms with E-state index in [0.717, 1.165) is 24.3 Å². The molecule has 17 heteroatoms. The molecule has 1 saturated heterocycles. The van der Waals surface area contributed by atoms with Crippen molar-refractivity contribution < 1.29 is 79.6 Å². The van der Waals surface area contributed by atoms with Crippen molar-refractivity contribution in [3.05, 3.63) is 52.2 Å². The lowest BCUT2D eigenvalue weighted by Gasteiger charge is -2.41. The van der Waals surface area contributed by atoms with Gasteiger partial charge in [-0.25, -0.2) is 4.79 Å². The van der Waals surface area contributed by atoms with Gasteiger partial charge in [-0.3, -0.25) is 4.79 Å². The van der Waals surface area contributed by atoms with Crippen LogP contribution < -0.4 is 10.2 Å². The Morgan fingerprint density at radius 2 is 1.36 bits per heavy atom. The molecule has 2 heterocycles. The zero-order valence-electron chi connectivity index (χ0n) is 22.4. The number of hydrogen-bond donors (Lipinski definition) is 11. The number of carbonyl (C=O) groups excluding carboxylic acids is 1. The Morgan fingerprint density at radius 3 is 1.93 bits per heavy atom. The Labute approximate surface area is 249 Å². The van der Waals surface area contributed by atoms with Gasteiger partial charge in [0.15, 0.2) is 46.4 Å². The molecule has 4 aromatic rings. The van der Waals surface area contributed by atoms with E-state index in [1.54, 1.807) is 0 Å². The summed E-state index contributed by atoms with van der Waals surface area (Å²) in [7, 11) is 0. The van der Waals surface area contributed by atoms with Crippen LogP contribution in [0.1, 0.15) is 10.4 Å². The van der Waals surface area contributed by atoms with Crippen LogP contribution in [0.15, 0.2) is 45.6 Å². The van der Waals surface area contributed by atoms with Gasteiger partial charge in [-0.1, -0.05) is 0 Å². The number of ether oxygens (including phenoxy) is 3. The summed E-state index contributed by atoms with van der Waals surface area (Å²) in [6, 6.07) is 4.82. The number of carbonyl (C=O) groups is 1. The van der Waals surface area contributed by atoms with Crippen LogP contribution in [0.5, 0.6) is 51.7 Å². The average molecular weight is 632 g/mol. The lowest BCUT2D eigenvalue weighted by molar-refractivity contribution is -0.276. The minimum absolute atomic E-state index is 0.321. The zero-order valence-corrected chi connectivity index (χ0v) is 22.4. The first-order valence-corrected chi connectivity index (χ1v) is 12.7. The smallest absolute Gasteiger partial charge is 0.339 e. The summed E-state index contributed by atoms with van der Waals surface area (Å²) in [5.74, 6) is -9.65. The molecule has 0 amide bonds. The summed E-state index contributed by atoms with van der Waals surface area (Å²) < 4.78 is 22.1. The monoisotopic (exact) mass is 632 g/mol. The molecular formula is C28H24O17. The van der Waals surface area contributed by atoms with E-state index in [9.17, 15) is 65.8 Å². The second kappa shape index (κ2) is 11.5. The molecule has 0 unspecified atom stereocenters. The number of aliphatic hydroxyl groups excluding tert-OH is 3. The number of benzene rings is 3. The Hall–Kier alpha value is -5.62. The second-order valence-corrected chi connectivity index (χ2v) is 9.85. The fourth-order valence-corrected chi connectivity index (χ4v) is 4.61. The lowest BCUT2D eigenvalue weighted by Crippen LogP contribution is -2.61. The molecule has 0 spiro atoms. The molecule has 0 aliphatic carbocycles. The summed E-state index contributed by atoms with van der Waals surface area (Å²) in [6.07, 6.45) is -9.68. The Morgan fingerprint density at radius 1 is 0.778 bits per heavy atom. The van der Waals surface area contributed by atoms with Crippen LogP contribution in [0.4, 0.5) is 0 Å². The molecule has 238 valence electrons. The molecule has 5 rings (SSSR count). The van der Waals surface area contributed by atoms with Crippen molar-refractivity contribution in [1.82, 2.24) is 0 Å². The fraction of sp³-hybridized carbons (Fsp3) is 0.214. The predicted molar refractivity (Wildman–Crippen MR) is 145 cm³/mol. The fourth-order valence-electron chi connectivity index (χ4n) is 4.61. The van der Waals surface area contributed by atoms with Crippen LogP contribution in [-0.4, -0.2) is 99.5 Å². The SMILES string of the molecule is O=C(O[C@H]1[C@H](Oc2c(-c3cc(O)c(O)c(O)c3)oc3cc(O)cc(O)c3c2=O)O[C@H](CO)[C@@H](O)[C@@H]1O)c1cc(O)c(O)c(O)c1. The van der Waals surface area contributed by atoms with E-state index in [0.29, 0.717) is 12.1 Å². The molecule has 1 fully saturated rings. The van der Waals surface area contributed by atoms with Crippen LogP contribution >= 0.6 is 0 Å². The average Bonchev–Trinajstić information content (AvgIpc) is 2.98. The van der Waals surface area contributed by atoms with Gasteiger partial charge in [-0.2, -0.15) is 0 Å². The Balaban J connectivity index is 1.65. The summed E-state index contributed by atoms with van der Waals surface area (Å²) in [5, 5.41) is 110. The van der Waals surface area contributed by atoms with Gasteiger partial charge in [0.2, 0.25) is 17.5 Å². The third kappa shape index (κ3) is 5.47. The third-order valence-electron chi connectivity index (χ3n) is 6.86. The van der Waals surface area contributed by atoms with Crippen LogP contribution in [0.2, 0.25) is 0 Å². The van der Waals surface area contributed by atoms with Gasteiger partial charge < -0.3 is 74.8 Å². The highest BCUT2D eigenvalue weighted by Crippen LogP contribution is 2.43. The number of phenols is 8. The first-order valence-electron chi connectivity index (χ1n) is 12.7. The number of rotatable bonds is 6. The van der Waals surface area contributed by atoms with E-state index in [1.807, 2.05) is 0 Å². The summed E-state index contributed by atoms with van der Waals surface area (Å²) in [5.41, 5.74) is -2.47. The maximum Gasteiger partial charge on any atom is 0.339 e. The van der Waals surface area contributed by atoms with Gasteiger partial charge in [-0.15, -0.1) is 0 Å². The topological polar surface area (TPSA) is 298 Å². The summed E-state index contributed by atoms with van der Waals surface area (Å²) in [4.78, 5) is 26.7. The zero-order chi connectivity index (χ0) is 32.9. The van der Waals surface area contributed by atoms with Gasteiger partial charge in [0.05, 0.1) is 12.2 Å². The molecule has 3 aromatic carbocycles. The second-order valence-electron chi connectivity index (χ2n) is 9.85. The number of fused-ring (bicyclic) bond motifs is 1. The quantitative estimate of drug-likeness (QED) is 0.0995. The molecule has 11 N–H and O–H groups in total. The van der Waals surface area contributed by atoms with Crippen molar-refractivity contribution in [2.75, 3.05) is 6.61 Å². The predicted octanol–water partition coefficient (Wildman–Crippen LogP) is 0.148. The molecule has 1 aliphatic rings. The van der Waals surface area contributed by atoms with Crippen molar-refractivity contribution >= 4 is 16.9 Å². The molecule has 0 bridgehead atoms. The van der Waals surface area contributed by atoms with E-state index in [-0.39, 0.29) is 5.56 Å². The molecular weight excluding hydrogens is 608 g/mol. The van der Waals surface area contributed by atoms with Crippen LogP contribution in [0, 0.1) is 0 Å². The van der Waals surface area contributed by atoms with Crippen molar-refractivity contribution in [2.45, 2.75) is 30.7 Å². The van der Waals surface area contributed by atoms with Gasteiger partial charge in [0.25, 0.3) is 0 Å². The van der Waals surface area contributed by atoms with Crippen molar-refractivity contribution in [3.63, 3.8) is 0 Å². The normalized spacial score (nSPS) is 21.4. The van der Waals surface area contributed by atoms with Crippen LogP contribution in [0.3, 0.4) is 0 Å². The van der Waals surface area contributed by atoms with Gasteiger partial charge in [0, 0.05) is 17.7 Å². The van der Waals surface area contributed by atoms with Gasteiger partial charge >= 0.3 is 5.97 Å².